The molecule has 0 radical (unpaired) electrons. The molecule has 8 heteroatoms. The predicted molar refractivity (Wildman–Crippen MR) is 157 cm³/mol. The van der Waals surface area contributed by atoms with Gasteiger partial charge >= 0.3 is 21.1 Å². The monoisotopic (exact) mass is 691 g/mol. The Hall–Kier alpha value is -1.10. The van der Waals surface area contributed by atoms with E-state index in [0.29, 0.717) is 5.41 Å². The normalized spacial score (nSPS) is 12.0. The molecule has 218 valence electrons. The predicted octanol–water partition coefficient (Wildman–Crippen LogP) is 8.18. The quantitative estimate of drug-likeness (QED) is 0.261. The van der Waals surface area contributed by atoms with E-state index in [2.05, 4.69) is 157 Å². The van der Waals surface area contributed by atoms with Crippen molar-refractivity contribution in [3.63, 3.8) is 0 Å². The molecule has 0 N–H and O–H groups in total. The van der Waals surface area contributed by atoms with Crippen LogP contribution >= 0.6 is 0 Å². The molecular formula is C29H61N7W. The average Bonchev–Trinajstić information content (AvgIpc) is 3.22. The van der Waals surface area contributed by atoms with Crippen molar-refractivity contribution < 1.29 is 21.1 Å². The Morgan fingerprint density at radius 2 is 1.00 bits per heavy atom. The van der Waals surface area contributed by atoms with Crippen LogP contribution in [0.1, 0.15) is 143 Å². The molecular weight excluding hydrogens is 630 g/mol. The average molecular weight is 692 g/mol. The van der Waals surface area contributed by atoms with Crippen LogP contribution in [0.2, 0.25) is 0 Å². The minimum atomic E-state index is -0.0868. The van der Waals surface area contributed by atoms with Gasteiger partial charge in [-0.15, -0.1) is 15.3 Å². The molecule has 0 bridgehead atoms. The maximum atomic E-state index is 4.35. The molecule has 0 spiro atoms. The largest absolute Gasteiger partial charge is 2.00 e. The second-order valence-corrected chi connectivity index (χ2v) is 15.3. The van der Waals surface area contributed by atoms with E-state index < -0.39 is 0 Å². The van der Waals surface area contributed by atoms with Gasteiger partial charge in [-0.25, -0.2) is 4.68 Å². The van der Waals surface area contributed by atoms with Crippen molar-refractivity contribution in [3.8, 4) is 0 Å². The summed E-state index contributed by atoms with van der Waals surface area (Å²) in [5.41, 5.74) is 1.54. The van der Waals surface area contributed by atoms with Crippen LogP contribution in [0.25, 0.3) is 0 Å². The summed E-state index contributed by atoms with van der Waals surface area (Å²) < 4.78 is 1.91. The zero-order valence-corrected chi connectivity index (χ0v) is 31.0. The van der Waals surface area contributed by atoms with Crippen molar-refractivity contribution in [1.29, 1.82) is 0 Å². The van der Waals surface area contributed by atoms with Gasteiger partial charge in [0.15, 0.2) is 5.82 Å². The SMILES string of the molecule is CC(C)(C)C.CC(C)(C)c1cn(C(C)(C)C)nn1.CC(C)(C)c1nnn(C(C)(C)C)n1.C[C-](C)C.[CH3-].[W+2]. The molecule has 2 heterocycles. The van der Waals surface area contributed by atoms with Crippen LogP contribution in [0.3, 0.4) is 0 Å². The molecule has 0 unspecified atom stereocenters. The Kier molecular flexibility index (Phi) is 18.7. The summed E-state index contributed by atoms with van der Waals surface area (Å²) in [4.78, 5) is 1.66. The third kappa shape index (κ3) is 22.6. The second-order valence-electron chi connectivity index (χ2n) is 15.3. The van der Waals surface area contributed by atoms with Crippen molar-refractivity contribution in [2.45, 2.75) is 153 Å². The van der Waals surface area contributed by atoms with Gasteiger partial charge in [-0.05, 0) is 52.2 Å². The van der Waals surface area contributed by atoms with Gasteiger partial charge in [0.05, 0.1) is 16.8 Å². The maximum Gasteiger partial charge on any atom is 2.00 e. The summed E-state index contributed by atoms with van der Waals surface area (Å²) in [6, 6.07) is 0. The molecule has 0 aliphatic carbocycles. The minimum Gasteiger partial charge on any atom is -0.358 e. The third-order valence-electron chi connectivity index (χ3n) is 3.63. The van der Waals surface area contributed by atoms with Crippen LogP contribution in [-0.2, 0) is 43.0 Å². The fourth-order valence-electron chi connectivity index (χ4n) is 1.73. The van der Waals surface area contributed by atoms with Gasteiger partial charge in [0.25, 0.3) is 0 Å². The molecule has 37 heavy (non-hydrogen) atoms. The molecule has 2 rings (SSSR count). The van der Waals surface area contributed by atoms with Crippen molar-refractivity contribution in [3.05, 3.63) is 31.1 Å². The first-order valence-electron chi connectivity index (χ1n) is 12.7. The Bertz CT molecular complexity index is 704. The number of rotatable bonds is 0. The Morgan fingerprint density at radius 3 is 1.16 bits per heavy atom. The van der Waals surface area contributed by atoms with E-state index in [9.17, 15) is 0 Å². The summed E-state index contributed by atoms with van der Waals surface area (Å²) in [5.74, 6) is 2.21. The first-order chi connectivity index (χ1) is 15.2. The smallest absolute Gasteiger partial charge is 0.358 e. The van der Waals surface area contributed by atoms with E-state index in [4.69, 9.17) is 0 Å². The van der Waals surface area contributed by atoms with Gasteiger partial charge in [0, 0.05) is 17.0 Å². The first-order valence-corrected chi connectivity index (χ1v) is 12.7. The maximum absolute atomic E-state index is 4.35. The van der Waals surface area contributed by atoms with E-state index in [1.54, 1.807) is 4.80 Å². The van der Waals surface area contributed by atoms with Crippen molar-refractivity contribution in [2.75, 3.05) is 0 Å². The van der Waals surface area contributed by atoms with E-state index in [0.717, 1.165) is 11.5 Å². The summed E-state index contributed by atoms with van der Waals surface area (Å²) in [6.07, 6.45) is 2.03. The molecule has 0 amide bonds. The van der Waals surface area contributed by atoms with Crippen LogP contribution in [0, 0.1) is 18.8 Å². The van der Waals surface area contributed by atoms with Crippen molar-refractivity contribution in [1.82, 2.24) is 35.2 Å². The van der Waals surface area contributed by atoms with Crippen molar-refractivity contribution >= 4 is 0 Å². The number of hydrogen-bond acceptors (Lipinski definition) is 5. The van der Waals surface area contributed by atoms with E-state index >= 15 is 0 Å². The molecule has 0 saturated heterocycles. The topological polar surface area (TPSA) is 74.3 Å². The van der Waals surface area contributed by atoms with Crippen LogP contribution in [0.5, 0.6) is 0 Å². The van der Waals surface area contributed by atoms with Gasteiger partial charge in [-0.2, -0.15) is 25.6 Å². The molecule has 0 aromatic carbocycles. The number of tetrazole rings is 1. The van der Waals surface area contributed by atoms with Crippen molar-refractivity contribution in [2.24, 2.45) is 5.41 Å². The molecule has 0 fully saturated rings. The van der Waals surface area contributed by atoms with E-state index in [-0.39, 0.29) is 50.4 Å². The summed E-state index contributed by atoms with van der Waals surface area (Å²) in [6.45, 7) is 40.2. The van der Waals surface area contributed by atoms with Crippen LogP contribution in [0.4, 0.5) is 0 Å². The van der Waals surface area contributed by atoms with Gasteiger partial charge in [0.1, 0.15) is 0 Å². The third-order valence-corrected chi connectivity index (χ3v) is 3.63. The standard InChI is InChI=1S/C10H19N3.C9H18N4.C5H12.C4H9.CH3.W/c1-9(2,3)8-7-13(12-11-8)10(4,5)6;1-8(2,3)7-10-12-13(11-7)9(4,5)6;1-5(2,3)4;1-4(2)3;;/h7H,1-6H3;1-6H3;1-4H3;1-3H3;1H3;/q;;;2*-1;+2. The zero-order valence-electron chi connectivity index (χ0n) is 28.1. The van der Waals surface area contributed by atoms with Crippen LogP contribution in [-0.4, -0.2) is 35.2 Å². The number of nitrogens with zero attached hydrogens (tertiary/aromatic N) is 7. The fourth-order valence-corrected chi connectivity index (χ4v) is 1.73. The number of hydrogen-bond donors (Lipinski definition) is 0. The Balaban J connectivity index is -0.000000214. The van der Waals surface area contributed by atoms with E-state index in [1.165, 1.54) is 5.92 Å². The second kappa shape index (κ2) is 16.1. The zero-order chi connectivity index (χ0) is 28.6. The van der Waals surface area contributed by atoms with Crippen LogP contribution in [0.15, 0.2) is 6.20 Å². The molecule has 7 nitrogen and oxygen atoms in total. The number of aromatic nitrogens is 7. The van der Waals surface area contributed by atoms with Gasteiger partial charge in [-0.3, -0.25) is 0 Å². The first kappa shape index (κ1) is 43.0. The Labute approximate surface area is 245 Å². The molecule has 0 saturated carbocycles. The molecule has 2 aromatic heterocycles. The van der Waals surface area contributed by atoms with Gasteiger partial charge in [0.2, 0.25) is 0 Å². The van der Waals surface area contributed by atoms with Gasteiger partial charge in [-0.1, -0.05) is 74.5 Å². The Morgan fingerprint density at radius 1 is 0.622 bits per heavy atom. The van der Waals surface area contributed by atoms with E-state index in [1.807, 2.05) is 10.9 Å². The van der Waals surface area contributed by atoms with Gasteiger partial charge < -0.3 is 13.3 Å². The molecule has 0 atom stereocenters. The summed E-state index contributed by atoms with van der Waals surface area (Å²) in [5, 5.41) is 20.7. The van der Waals surface area contributed by atoms with Crippen LogP contribution < -0.4 is 0 Å². The fraction of sp³-hybridized carbons (Fsp3) is 0.828. The summed E-state index contributed by atoms with van der Waals surface area (Å²) in [7, 11) is 0. The molecule has 0 aliphatic rings. The molecule has 0 aliphatic heterocycles. The molecule has 2 aromatic rings. The summed E-state index contributed by atoms with van der Waals surface area (Å²) >= 11 is 0. The minimum absolute atomic E-state index is 0.